The summed E-state index contributed by atoms with van der Waals surface area (Å²) in [5.41, 5.74) is 1.15. The van der Waals surface area contributed by atoms with Gasteiger partial charge < -0.3 is 20.1 Å². The Morgan fingerprint density at radius 2 is 1.69 bits per heavy atom. The number of rotatable bonds is 5. The molecule has 0 bridgehead atoms. The third-order valence-electron chi connectivity index (χ3n) is 5.18. The molecule has 152 valence electrons. The average molecular weight is 415 g/mol. The maximum Gasteiger partial charge on any atom is 0.251 e. The van der Waals surface area contributed by atoms with Crippen LogP contribution in [0, 0.1) is 0 Å². The highest BCUT2D eigenvalue weighted by Crippen LogP contribution is 2.46. The molecule has 1 aliphatic carbocycles. The van der Waals surface area contributed by atoms with E-state index in [0.29, 0.717) is 22.0 Å². The molecular formula is C22H23ClN2O4. The molecule has 2 N–H and O–H groups in total. The maximum atomic E-state index is 12.2. The number of halogens is 1. The summed E-state index contributed by atoms with van der Waals surface area (Å²) in [4.78, 5) is 24.3. The second kappa shape index (κ2) is 8.33. The second-order valence-corrected chi connectivity index (χ2v) is 7.83. The van der Waals surface area contributed by atoms with Gasteiger partial charge in [0.25, 0.3) is 11.7 Å². The Labute approximate surface area is 174 Å². The summed E-state index contributed by atoms with van der Waals surface area (Å²) in [7, 11) is 0. The summed E-state index contributed by atoms with van der Waals surface area (Å²) in [6, 6.07) is 12.0. The molecule has 1 fully saturated rings. The van der Waals surface area contributed by atoms with E-state index in [1.165, 1.54) is 6.42 Å². The lowest BCUT2D eigenvalue weighted by atomic mass is 9.94. The maximum absolute atomic E-state index is 12.2. The first kappa shape index (κ1) is 19.6. The minimum Gasteiger partial charge on any atom is -0.448 e. The van der Waals surface area contributed by atoms with Crippen molar-refractivity contribution in [3.05, 3.63) is 53.1 Å². The summed E-state index contributed by atoms with van der Waals surface area (Å²) < 4.78 is 12.1. The van der Waals surface area contributed by atoms with Crippen molar-refractivity contribution >= 4 is 29.1 Å². The van der Waals surface area contributed by atoms with E-state index in [0.717, 1.165) is 31.4 Å². The minimum absolute atomic E-state index is 0.164. The lowest BCUT2D eigenvalue weighted by molar-refractivity contribution is -0.116. The molecule has 0 saturated heterocycles. The smallest absolute Gasteiger partial charge is 0.251 e. The molecule has 0 atom stereocenters. The van der Waals surface area contributed by atoms with Crippen LogP contribution < -0.4 is 20.1 Å². The fourth-order valence-electron chi connectivity index (χ4n) is 3.68. The van der Waals surface area contributed by atoms with E-state index in [1.807, 2.05) is 6.07 Å². The van der Waals surface area contributed by atoms with Crippen LogP contribution in [-0.2, 0) is 4.79 Å². The van der Waals surface area contributed by atoms with Crippen LogP contribution in [0.1, 0.15) is 48.9 Å². The monoisotopic (exact) mass is 414 g/mol. The van der Waals surface area contributed by atoms with Crippen LogP contribution in [0.25, 0.3) is 0 Å². The molecule has 1 aliphatic heterocycles. The number of amides is 2. The molecule has 4 rings (SSSR count). The Morgan fingerprint density at radius 3 is 2.45 bits per heavy atom. The van der Waals surface area contributed by atoms with Crippen molar-refractivity contribution in [1.29, 1.82) is 0 Å². The van der Waals surface area contributed by atoms with Crippen LogP contribution in [0.15, 0.2) is 42.5 Å². The van der Waals surface area contributed by atoms with Crippen LogP contribution in [0.3, 0.4) is 0 Å². The van der Waals surface area contributed by atoms with Gasteiger partial charge in [0.15, 0.2) is 11.5 Å². The van der Waals surface area contributed by atoms with Crippen LogP contribution in [0.2, 0.25) is 5.02 Å². The zero-order chi connectivity index (χ0) is 20.3. The Balaban J connectivity index is 1.27. The number of hydrogen-bond acceptors (Lipinski definition) is 4. The molecule has 2 aromatic rings. The number of anilines is 1. The summed E-state index contributed by atoms with van der Waals surface area (Å²) in [6.07, 6.45) is 5.34. The van der Waals surface area contributed by atoms with E-state index < -0.39 is 5.79 Å². The third kappa shape index (κ3) is 4.65. The van der Waals surface area contributed by atoms with E-state index in [1.54, 1.807) is 36.4 Å². The largest absolute Gasteiger partial charge is 0.448 e. The molecular weight excluding hydrogens is 392 g/mol. The zero-order valence-corrected chi connectivity index (χ0v) is 16.8. The predicted octanol–water partition coefficient (Wildman–Crippen LogP) is 4.53. The number of benzene rings is 2. The molecule has 29 heavy (non-hydrogen) atoms. The summed E-state index contributed by atoms with van der Waals surface area (Å²) >= 11 is 5.82. The Morgan fingerprint density at radius 1 is 0.966 bits per heavy atom. The number of hydrogen-bond donors (Lipinski definition) is 2. The fraction of sp³-hybridized carbons (Fsp3) is 0.364. The van der Waals surface area contributed by atoms with Crippen molar-refractivity contribution in [3.63, 3.8) is 0 Å². The fourth-order valence-corrected chi connectivity index (χ4v) is 3.81. The van der Waals surface area contributed by atoms with Gasteiger partial charge in [0.05, 0.1) is 0 Å². The third-order valence-corrected chi connectivity index (χ3v) is 5.43. The molecule has 1 heterocycles. The topological polar surface area (TPSA) is 76.7 Å². The molecule has 0 aromatic heterocycles. The lowest BCUT2D eigenvalue weighted by Gasteiger charge is -2.31. The normalized spacial score (nSPS) is 16.4. The number of nitrogens with one attached hydrogen (secondary N) is 2. The Hall–Kier alpha value is -2.73. The summed E-state index contributed by atoms with van der Waals surface area (Å²) in [6.45, 7) is 0.237. The lowest BCUT2D eigenvalue weighted by Crippen LogP contribution is -2.40. The Kier molecular flexibility index (Phi) is 5.62. The van der Waals surface area contributed by atoms with Gasteiger partial charge in [0.1, 0.15) is 0 Å². The molecule has 2 aromatic carbocycles. The van der Waals surface area contributed by atoms with Gasteiger partial charge in [-0.25, -0.2) is 0 Å². The molecule has 7 heteroatoms. The van der Waals surface area contributed by atoms with Gasteiger partial charge in [-0.1, -0.05) is 18.0 Å². The van der Waals surface area contributed by atoms with Gasteiger partial charge in [-0.2, -0.15) is 0 Å². The quantitative estimate of drug-likeness (QED) is 0.753. The highest BCUT2D eigenvalue weighted by atomic mass is 35.5. The van der Waals surface area contributed by atoms with Crippen LogP contribution in [-0.4, -0.2) is 24.1 Å². The van der Waals surface area contributed by atoms with Crippen molar-refractivity contribution in [2.45, 2.75) is 44.3 Å². The highest BCUT2D eigenvalue weighted by Gasteiger charge is 2.42. The minimum atomic E-state index is -0.533. The van der Waals surface area contributed by atoms with E-state index in [4.69, 9.17) is 21.1 Å². The van der Waals surface area contributed by atoms with Crippen molar-refractivity contribution in [3.8, 4) is 11.5 Å². The van der Waals surface area contributed by atoms with Gasteiger partial charge in [0.2, 0.25) is 5.91 Å². The van der Waals surface area contributed by atoms with Crippen LogP contribution >= 0.6 is 11.6 Å². The first-order valence-electron chi connectivity index (χ1n) is 9.89. The van der Waals surface area contributed by atoms with Gasteiger partial charge in [-0.3, -0.25) is 9.59 Å². The molecule has 0 unspecified atom stereocenters. The van der Waals surface area contributed by atoms with Gasteiger partial charge in [0, 0.05) is 48.1 Å². The molecule has 1 saturated carbocycles. The average Bonchev–Trinajstić information content (AvgIpc) is 3.05. The van der Waals surface area contributed by atoms with Crippen LogP contribution in [0.5, 0.6) is 11.5 Å². The Bertz CT molecular complexity index is 908. The van der Waals surface area contributed by atoms with Gasteiger partial charge in [-0.05, 0) is 49.2 Å². The van der Waals surface area contributed by atoms with Crippen molar-refractivity contribution < 1.29 is 19.1 Å². The SMILES string of the molecule is O=C(CCNC(=O)c1ccc(Cl)cc1)Nc1ccc2c(c1)OC1(CCCCC1)O2. The van der Waals surface area contributed by atoms with Crippen LogP contribution in [0.4, 0.5) is 5.69 Å². The van der Waals surface area contributed by atoms with Crippen molar-refractivity contribution in [1.82, 2.24) is 5.32 Å². The predicted molar refractivity (Wildman–Crippen MR) is 111 cm³/mol. The number of fused-ring (bicyclic) bond motifs is 1. The second-order valence-electron chi connectivity index (χ2n) is 7.40. The summed E-state index contributed by atoms with van der Waals surface area (Å²) in [5.74, 6) is 0.429. The number of carbonyl (C=O) groups is 2. The van der Waals surface area contributed by atoms with Gasteiger partial charge in [-0.15, -0.1) is 0 Å². The van der Waals surface area contributed by atoms with Gasteiger partial charge >= 0.3 is 0 Å². The number of ether oxygens (including phenoxy) is 2. The van der Waals surface area contributed by atoms with E-state index in [9.17, 15) is 9.59 Å². The van der Waals surface area contributed by atoms with Crippen molar-refractivity contribution in [2.24, 2.45) is 0 Å². The van der Waals surface area contributed by atoms with E-state index in [-0.39, 0.29) is 24.8 Å². The summed E-state index contributed by atoms with van der Waals surface area (Å²) in [5, 5.41) is 6.14. The molecule has 0 radical (unpaired) electrons. The molecule has 1 spiro atoms. The molecule has 2 amide bonds. The first-order chi connectivity index (χ1) is 14.0. The van der Waals surface area contributed by atoms with E-state index in [2.05, 4.69) is 10.6 Å². The number of carbonyl (C=O) groups excluding carboxylic acids is 2. The van der Waals surface area contributed by atoms with E-state index >= 15 is 0 Å². The standard InChI is InChI=1S/C22H23ClN2O4/c23-16-6-4-15(5-7-16)21(27)24-13-10-20(26)25-17-8-9-18-19(14-17)29-22(28-18)11-2-1-3-12-22/h4-9,14H,1-3,10-13H2,(H,24,27)(H,25,26). The molecule has 6 nitrogen and oxygen atoms in total. The van der Waals surface area contributed by atoms with Crippen molar-refractivity contribution in [2.75, 3.05) is 11.9 Å². The zero-order valence-electron chi connectivity index (χ0n) is 16.0. The highest BCUT2D eigenvalue weighted by molar-refractivity contribution is 6.30. The first-order valence-corrected chi connectivity index (χ1v) is 10.3. The molecule has 2 aliphatic rings.